The lowest BCUT2D eigenvalue weighted by Crippen LogP contribution is -2.48. The van der Waals surface area contributed by atoms with Crippen LogP contribution in [-0.4, -0.2) is 92.9 Å². The molecule has 0 saturated carbocycles. The molecule has 2 N–H and O–H groups in total. The van der Waals surface area contributed by atoms with Gasteiger partial charge in [0.2, 0.25) is 5.91 Å². The number of guanidine groups is 1. The largest absolute Gasteiger partial charge is 0.444 e. The Bertz CT molecular complexity index is 560. The van der Waals surface area contributed by atoms with Gasteiger partial charge < -0.3 is 29.9 Å². The van der Waals surface area contributed by atoms with E-state index in [0.717, 1.165) is 38.4 Å². The predicted octanol–water partition coefficient (Wildman–Crippen LogP) is 2.30. The number of nitrogens with zero attached hydrogens (tertiary/aromatic N) is 3. The van der Waals surface area contributed by atoms with E-state index in [1.807, 2.05) is 34.6 Å². The Morgan fingerprint density at radius 1 is 1.16 bits per heavy atom. The van der Waals surface area contributed by atoms with Crippen LogP contribution in [-0.2, 0) is 14.3 Å². The van der Waals surface area contributed by atoms with Crippen molar-refractivity contribution in [2.24, 2.45) is 10.9 Å². The fraction of sp³-hybridized carbons (Fsp3) is 0.857. The van der Waals surface area contributed by atoms with Crippen molar-refractivity contribution >= 4 is 41.9 Å². The maximum Gasteiger partial charge on any atom is 0.410 e. The lowest BCUT2D eigenvalue weighted by Gasteiger charge is -2.36. The molecule has 1 fully saturated rings. The molecule has 0 atom stereocenters. The van der Waals surface area contributed by atoms with Crippen LogP contribution in [0.4, 0.5) is 4.79 Å². The van der Waals surface area contributed by atoms with Gasteiger partial charge in [-0.2, -0.15) is 0 Å². The van der Waals surface area contributed by atoms with E-state index in [2.05, 4.69) is 20.5 Å². The molecule has 0 aliphatic carbocycles. The van der Waals surface area contributed by atoms with Gasteiger partial charge in [0.05, 0.1) is 6.61 Å². The minimum Gasteiger partial charge on any atom is -0.444 e. The van der Waals surface area contributed by atoms with Crippen LogP contribution >= 0.6 is 24.0 Å². The molecule has 1 saturated heterocycles. The summed E-state index contributed by atoms with van der Waals surface area (Å²) in [6, 6.07) is 0. The van der Waals surface area contributed by atoms with Gasteiger partial charge in [0.15, 0.2) is 5.96 Å². The standard InChI is InChI=1S/C21H41N5O4.HI/c1-7-22-19(24-15-18(27)23-11-14-29-6)26-12-9-17(10-13-26)16-25(8-2)20(28)30-21(3,4)5;/h17H,7-16H2,1-6H3,(H,22,24)(H,23,27);1H. The number of ether oxygens (including phenoxy) is 2. The van der Waals surface area contributed by atoms with Crippen LogP contribution in [0.15, 0.2) is 4.99 Å². The zero-order valence-corrected chi connectivity index (χ0v) is 22.4. The zero-order valence-electron chi connectivity index (χ0n) is 20.0. The Balaban J connectivity index is 0.00000900. The van der Waals surface area contributed by atoms with Gasteiger partial charge in [0, 0.05) is 46.4 Å². The van der Waals surface area contributed by atoms with E-state index in [9.17, 15) is 9.59 Å². The van der Waals surface area contributed by atoms with E-state index in [0.29, 0.717) is 32.2 Å². The molecular formula is C21H42IN5O4. The molecule has 10 heteroatoms. The molecule has 9 nitrogen and oxygen atoms in total. The SMILES string of the molecule is CCNC(=NCC(=O)NCCOC)N1CCC(CN(CC)C(=O)OC(C)(C)C)CC1.I. The van der Waals surface area contributed by atoms with E-state index in [4.69, 9.17) is 9.47 Å². The highest BCUT2D eigenvalue weighted by atomic mass is 127. The van der Waals surface area contributed by atoms with Gasteiger partial charge in [-0.05, 0) is 53.4 Å². The van der Waals surface area contributed by atoms with Gasteiger partial charge in [0.25, 0.3) is 0 Å². The molecule has 1 heterocycles. The number of methoxy groups -OCH3 is 1. The number of aliphatic imine (C=N–C) groups is 1. The molecule has 1 aliphatic heterocycles. The molecule has 2 amide bonds. The lowest BCUT2D eigenvalue weighted by molar-refractivity contribution is -0.119. The number of hydrogen-bond acceptors (Lipinski definition) is 5. The van der Waals surface area contributed by atoms with Crippen LogP contribution < -0.4 is 10.6 Å². The summed E-state index contributed by atoms with van der Waals surface area (Å²) in [5.41, 5.74) is -0.485. The summed E-state index contributed by atoms with van der Waals surface area (Å²) in [6.07, 6.45) is 1.68. The highest BCUT2D eigenvalue weighted by Crippen LogP contribution is 2.20. The van der Waals surface area contributed by atoms with Crippen LogP contribution in [0, 0.1) is 5.92 Å². The Labute approximate surface area is 204 Å². The quantitative estimate of drug-likeness (QED) is 0.196. The third-order valence-corrected chi connectivity index (χ3v) is 4.76. The number of carbonyl (C=O) groups excluding carboxylic acids is 2. The number of likely N-dealkylation sites (tertiary alicyclic amines) is 1. The van der Waals surface area contributed by atoms with Gasteiger partial charge in [0.1, 0.15) is 12.1 Å². The van der Waals surface area contributed by atoms with Crippen LogP contribution in [0.2, 0.25) is 0 Å². The van der Waals surface area contributed by atoms with Crippen LogP contribution in [0.3, 0.4) is 0 Å². The highest BCUT2D eigenvalue weighted by Gasteiger charge is 2.27. The minimum atomic E-state index is -0.485. The molecule has 182 valence electrons. The first-order chi connectivity index (χ1) is 14.2. The number of hydrogen-bond donors (Lipinski definition) is 2. The average molecular weight is 556 g/mol. The number of nitrogens with one attached hydrogen (secondary N) is 2. The van der Waals surface area contributed by atoms with E-state index in [1.54, 1.807) is 12.0 Å². The molecule has 0 aromatic carbocycles. The summed E-state index contributed by atoms with van der Waals surface area (Å²) in [5.74, 6) is 1.07. The van der Waals surface area contributed by atoms with Crippen molar-refractivity contribution < 1.29 is 19.1 Å². The summed E-state index contributed by atoms with van der Waals surface area (Å²) < 4.78 is 10.4. The van der Waals surface area contributed by atoms with Crippen LogP contribution in [0.1, 0.15) is 47.5 Å². The second-order valence-electron chi connectivity index (χ2n) is 8.46. The number of amides is 2. The van der Waals surface area contributed by atoms with Crippen LogP contribution in [0.5, 0.6) is 0 Å². The average Bonchev–Trinajstić information content (AvgIpc) is 2.68. The lowest BCUT2D eigenvalue weighted by atomic mass is 9.96. The van der Waals surface area contributed by atoms with Crippen molar-refractivity contribution in [3.05, 3.63) is 0 Å². The Hall–Kier alpha value is -1.30. The van der Waals surface area contributed by atoms with Crippen molar-refractivity contribution in [1.29, 1.82) is 0 Å². The minimum absolute atomic E-state index is 0. The molecule has 0 radical (unpaired) electrons. The summed E-state index contributed by atoms with van der Waals surface area (Å²) in [4.78, 5) is 32.7. The molecule has 1 aliphatic rings. The van der Waals surface area contributed by atoms with E-state index in [-0.39, 0.29) is 42.5 Å². The Morgan fingerprint density at radius 2 is 1.81 bits per heavy atom. The van der Waals surface area contributed by atoms with Gasteiger partial charge >= 0.3 is 6.09 Å². The van der Waals surface area contributed by atoms with E-state index < -0.39 is 5.60 Å². The molecule has 1 rings (SSSR count). The van der Waals surface area contributed by atoms with Gasteiger partial charge in [-0.15, -0.1) is 24.0 Å². The first-order valence-corrected chi connectivity index (χ1v) is 11.0. The third kappa shape index (κ3) is 12.4. The maximum atomic E-state index is 12.4. The number of halogens is 1. The molecular weight excluding hydrogens is 513 g/mol. The van der Waals surface area contributed by atoms with Crippen molar-refractivity contribution in [1.82, 2.24) is 20.4 Å². The maximum absolute atomic E-state index is 12.4. The fourth-order valence-corrected chi connectivity index (χ4v) is 3.22. The van der Waals surface area contributed by atoms with Gasteiger partial charge in [-0.1, -0.05) is 0 Å². The topological polar surface area (TPSA) is 95.5 Å². The number of piperidine rings is 1. The van der Waals surface area contributed by atoms with Crippen molar-refractivity contribution in [3.63, 3.8) is 0 Å². The predicted molar refractivity (Wildman–Crippen MR) is 134 cm³/mol. The summed E-state index contributed by atoms with van der Waals surface area (Å²) in [7, 11) is 1.60. The Kier molecular flexibility index (Phi) is 14.8. The highest BCUT2D eigenvalue weighted by molar-refractivity contribution is 14.0. The van der Waals surface area contributed by atoms with Crippen molar-refractivity contribution in [3.8, 4) is 0 Å². The van der Waals surface area contributed by atoms with Gasteiger partial charge in [-0.25, -0.2) is 9.79 Å². The monoisotopic (exact) mass is 555 g/mol. The normalized spacial score (nSPS) is 15.2. The molecule has 0 unspecified atom stereocenters. The van der Waals surface area contributed by atoms with Crippen molar-refractivity contribution in [2.75, 3.05) is 59.5 Å². The first-order valence-electron chi connectivity index (χ1n) is 11.0. The number of carbonyl (C=O) groups is 2. The van der Waals surface area contributed by atoms with Crippen LogP contribution in [0.25, 0.3) is 0 Å². The molecule has 0 bridgehead atoms. The molecule has 31 heavy (non-hydrogen) atoms. The molecule has 0 spiro atoms. The van der Waals surface area contributed by atoms with E-state index >= 15 is 0 Å². The van der Waals surface area contributed by atoms with E-state index in [1.165, 1.54) is 0 Å². The summed E-state index contributed by atoms with van der Waals surface area (Å²) >= 11 is 0. The second kappa shape index (κ2) is 15.5. The Morgan fingerprint density at radius 3 is 2.32 bits per heavy atom. The first kappa shape index (κ1) is 29.7. The fourth-order valence-electron chi connectivity index (χ4n) is 3.22. The summed E-state index contributed by atoms with van der Waals surface area (Å²) in [5, 5.41) is 6.05. The number of rotatable bonds is 9. The second-order valence-corrected chi connectivity index (χ2v) is 8.46. The molecule has 0 aromatic heterocycles. The smallest absolute Gasteiger partial charge is 0.410 e. The zero-order chi connectivity index (χ0) is 22.6. The molecule has 0 aromatic rings. The third-order valence-electron chi connectivity index (χ3n) is 4.76. The summed E-state index contributed by atoms with van der Waals surface area (Å²) in [6.45, 7) is 14.5. The van der Waals surface area contributed by atoms with Crippen molar-refractivity contribution in [2.45, 2.75) is 53.1 Å². The van der Waals surface area contributed by atoms with Gasteiger partial charge in [-0.3, -0.25) is 4.79 Å².